The molecule has 0 bridgehead atoms. The second kappa shape index (κ2) is 8.26. The van der Waals surface area contributed by atoms with Crippen LogP contribution in [0.5, 0.6) is 5.75 Å². The third-order valence-electron chi connectivity index (χ3n) is 3.81. The number of rotatable bonds is 6. The SMILES string of the molecule is COc1ccc(C(=O)OCC(=O)Nc2cc(C)c(C)cc2[N+](=O)[O-])c(F)c1. The van der Waals surface area contributed by atoms with Crippen LogP contribution in [0.3, 0.4) is 0 Å². The molecule has 8 nitrogen and oxygen atoms in total. The number of methoxy groups -OCH3 is 1. The number of anilines is 1. The molecule has 142 valence electrons. The fraction of sp³-hybridized carbons (Fsp3) is 0.222. The number of hydrogen-bond donors (Lipinski definition) is 1. The molecule has 2 aromatic carbocycles. The van der Waals surface area contributed by atoms with Gasteiger partial charge in [-0.25, -0.2) is 9.18 Å². The van der Waals surface area contributed by atoms with E-state index >= 15 is 0 Å². The van der Waals surface area contributed by atoms with Gasteiger partial charge in [0.15, 0.2) is 6.61 Å². The molecular weight excluding hydrogens is 359 g/mol. The number of carbonyl (C=O) groups excluding carboxylic acids is 2. The molecule has 0 saturated carbocycles. The quantitative estimate of drug-likeness (QED) is 0.471. The summed E-state index contributed by atoms with van der Waals surface area (Å²) in [6, 6.07) is 6.34. The van der Waals surface area contributed by atoms with Crippen LogP contribution in [-0.4, -0.2) is 30.5 Å². The summed E-state index contributed by atoms with van der Waals surface area (Å²) in [5.74, 6) is -2.46. The van der Waals surface area contributed by atoms with Crippen LogP contribution in [0, 0.1) is 29.8 Å². The van der Waals surface area contributed by atoms with Crippen LogP contribution in [0.1, 0.15) is 21.5 Å². The Balaban J connectivity index is 2.06. The Hall–Kier alpha value is -3.49. The molecule has 1 N–H and O–H groups in total. The van der Waals surface area contributed by atoms with Gasteiger partial charge in [0, 0.05) is 12.1 Å². The second-order valence-electron chi connectivity index (χ2n) is 5.68. The van der Waals surface area contributed by atoms with Gasteiger partial charge in [0.05, 0.1) is 17.6 Å². The van der Waals surface area contributed by atoms with E-state index in [2.05, 4.69) is 5.32 Å². The fourth-order valence-corrected chi connectivity index (χ4v) is 2.24. The highest BCUT2D eigenvalue weighted by Crippen LogP contribution is 2.27. The number of aryl methyl sites for hydroxylation is 2. The number of nitro groups is 1. The zero-order chi connectivity index (χ0) is 20.1. The van der Waals surface area contributed by atoms with Gasteiger partial charge in [0.25, 0.3) is 11.6 Å². The molecule has 9 heteroatoms. The maximum atomic E-state index is 13.8. The number of halogens is 1. The Morgan fingerprint density at radius 2 is 1.85 bits per heavy atom. The second-order valence-corrected chi connectivity index (χ2v) is 5.68. The highest BCUT2D eigenvalue weighted by molar-refractivity contribution is 5.97. The van der Waals surface area contributed by atoms with E-state index < -0.39 is 29.2 Å². The number of nitrogens with one attached hydrogen (secondary N) is 1. The first-order valence-corrected chi connectivity index (χ1v) is 7.79. The van der Waals surface area contributed by atoms with Crippen molar-refractivity contribution < 1.29 is 28.4 Å². The van der Waals surface area contributed by atoms with Crippen LogP contribution in [-0.2, 0) is 9.53 Å². The third kappa shape index (κ3) is 4.78. The van der Waals surface area contributed by atoms with Gasteiger partial charge in [0.2, 0.25) is 0 Å². The predicted octanol–water partition coefficient (Wildman–Crippen LogP) is 3.15. The van der Waals surface area contributed by atoms with Crippen LogP contribution in [0.25, 0.3) is 0 Å². The lowest BCUT2D eigenvalue weighted by Gasteiger charge is -2.10. The molecule has 0 aliphatic carbocycles. The molecule has 0 heterocycles. The lowest BCUT2D eigenvalue weighted by molar-refractivity contribution is -0.384. The maximum Gasteiger partial charge on any atom is 0.341 e. The Labute approximate surface area is 154 Å². The van der Waals surface area contributed by atoms with E-state index in [4.69, 9.17) is 9.47 Å². The van der Waals surface area contributed by atoms with Crippen molar-refractivity contribution in [2.24, 2.45) is 0 Å². The van der Waals surface area contributed by atoms with Crippen molar-refractivity contribution in [3.8, 4) is 5.75 Å². The lowest BCUT2D eigenvalue weighted by Crippen LogP contribution is -2.22. The van der Waals surface area contributed by atoms with Gasteiger partial charge in [-0.2, -0.15) is 0 Å². The number of nitro benzene ring substituents is 1. The number of carbonyl (C=O) groups is 2. The first-order valence-electron chi connectivity index (χ1n) is 7.79. The number of amides is 1. The van der Waals surface area contributed by atoms with Crippen molar-refractivity contribution in [3.05, 3.63) is 63.0 Å². The first kappa shape index (κ1) is 19.8. The van der Waals surface area contributed by atoms with Crippen molar-refractivity contribution in [1.29, 1.82) is 0 Å². The van der Waals surface area contributed by atoms with E-state index in [0.717, 1.165) is 11.6 Å². The standard InChI is InChI=1S/C18H17FN2O6/c1-10-6-15(16(21(24)25)7-11(10)2)20-17(22)9-27-18(23)13-5-4-12(26-3)8-14(13)19/h4-8H,9H2,1-3H3,(H,20,22). The summed E-state index contributed by atoms with van der Waals surface area (Å²) < 4.78 is 23.4. The smallest absolute Gasteiger partial charge is 0.341 e. The summed E-state index contributed by atoms with van der Waals surface area (Å²) in [6.07, 6.45) is 0. The first-order chi connectivity index (χ1) is 12.7. The maximum absolute atomic E-state index is 13.8. The molecule has 0 aromatic heterocycles. The van der Waals surface area contributed by atoms with E-state index in [1.165, 1.54) is 31.4 Å². The van der Waals surface area contributed by atoms with Gasteiger partial charge >= 0.3 is 5.97 Å². The van der Waals surface area contributed by atoms with Gasteiger partial charge in [-0.3, -0.25) is 14.9 Å². The number of benzene rings is 2. The van der Waals surface area contributed by atoms with Crippen LogP contribution in [0.4, 0.5) is 15.8 Å². The number of nitrogens with zero attached hydrogens (tertiary/aromatic N) is 1. The largest absolute Gasteiger partial charge is 0.497 e. The summed E-state index contributed by atoms with van der Waals surface area (Å²) in [5.41, 5.74) is 0.786. The van der Waals surface area contributed by atoms with Crippen molar-refractivity contribution in [2.45, 2.75) is 13.8 Å². The zero-order valence-electron chi connectivity index (χ0n) is 14.9. The van der Waals surface area contributed by atoms with Gasteiger partial charge in [-0.05, 0) is 43.2 Å². The molecule has 0 radical (unpaired) electrons. The summed E-state index contributed by atoms with van der Waals surface area (Å²) in [5, 5.41) is 13.5. The molecule has 27 heavy (non-hydrogen) atoms. The van der Waals surface area contributed by atoms with E-state index in [1.807, 2.05) is 0 Å². The molecule has 0 saturated heterocycles. The van der Waals surface area contributed by atoms with E-state index in [9.17, 15) is 24.1 Å². The van der Waals surface area contributed by atoms with Crippen molar-refractivity contribution in [1.82, 2.24) is 0 Å². The highest BCUT2D eigenvalue weighted by Gasteiger charge is 2.19. The van der Waals surface area contributed by atoms with Crippen LogP contribution < -0.4 is 10.1 Å². The van der Waals surface area contributed by atoms with Gasteiger partial charge in [-0.15, -0.1) is 0 Å². The molecule has 2 rings (SSSR count). The summed E-state index contributed by atoms with van der Waals surface area (Å²) in [4.78, 5) is 34.4. The van der Waals surface area contributed by atoms with E-state index in [0.29, 0.717) is 5.56 Å². The molecule has 2 aromatic rings. The minimum absolute atomic E-state index is 0.0141. The minimum Gasteiger partial charge on any atom is -0.497 e. The van der Waals surface area contributed by atoms with Gasteiger partial charge < -0.3 is 14.8 Å². The minimum atomic E-state index is -1.04. The molecule has 0 atom stereocenters. The van der Waals surface area contributed by atoms with E-state index in [1.54, 1.807) is 13.8 Å². The molecule has 0 aliphatic heterocycles. The fourth-order valence-electron chi connectivity index (χ4n) is 2.24. The normalized spacial score (nSPS) is 10.2. The third-order valence-corrected chi connectivity index (χ3v) is 3.81. The predicted molar refractivity (Wildman–Crippen MR) is 94.4 cm³/mol. The topological polar surface area (TPSA) is 108 Å². The summed E-state index contributed by atoms with van der Waals surface area (Å²) in [7, 11) is 1.35. The summed E-state index contributed by atoms with van der Waals surface area (Å²) in [6.45, 7) is 2.72. The average Bonchev–Trinajstić information content (AvgIpc) is 2.62. The van der Waals surface area contributed by atoms with Crippen LogP contribution in [0.2, 0.25) is 0 Å². The highest BCUT2D eigenvalue weighted by atomic mass is 19.1. The van der Waals surface area contributed by atoms with Crippen LogP contribution >= 0.6 is 0 Å². The van der Waals surface area contributed by atoms with Crippen LogP contribution in [0.15, 0.2) is 30.3 Å². The average molecular weight is 376 g/mol. The van der Waals surface area contributed by atoms with Crippen molar-refractivity contribution in [2.75, 3.05) is 19.0 Å². The lowest BCUT2D eigenvalue weighted by atomic mass is 10.1. The molecule has 0 spiro atoms. The van der Waals surface area contributed by atoms with Crippen molar-refractivity contribution in [3.63, 3.8) is 0 Å². The number of hydrogen-bond acceptors (Lipinski definition) is 6. The molecule has 1 amide bonds. The van der Waals surface area contributed by atoms with E-state index in [-0.39, 0.29) is 22.7 Å². The zero-order valence-corrected chi connectivity index (χ0v) is 14.9. The van der Waals surface area contributed by atoms with Gasteiger partial charge in [-0.1, -0.05) is 0 Å². The molecule has 0 unspecified atom stereocenters. The van der Waals surface area contributed by atoms with Crippen molar-refractivity contribution >= 4 is 23.3 Å². The van der Waals surface area contributed by atoms with Gasteiger partial charge in [0.1, 0.15) is 17.3 Å². The Morgan fingerprint density at radius 1 is 1.19 bits per heavy atom. The molecular formula is C18H17FN2O6. The molecule has 0 aliphatic rings. The Bertz CT molecular complexity index is 913. The monoisotopic (exact) mass is 376 g/mol. The Morgan fingerprint density at radius 3 is 2.44 bits per heavy atom. The molecule has 0 fully saturated rings. The summed E-state index contributed by atoms with van der Waals surface area (Å²) >= 11 is 0. The number of esters is 1. The number of ether oxygens (including phenoxy) is 2. The Kier molecular flexibility index (Phi) is 6.07.